The van der Waals surface area contributed by atoms with Gasteiger partial charge in [0.25, 0.3) is 0 Å². The van der Waals surface area contributed by atoms with Gasteiger partial charge < -0.3 is 14.7 Å². The maximum absolute atomic E-state index is 11.9. The van der Waals surface area contributed by atoms with Crippen LogP contribution < -0.4 is 0 Å². The van der Waals surface area contributed by atoms with E-state index in [1.165, 1.54) is 0 Å². The first-order valence-corrected chi connectivity index (χ1v) is 5.88. The first kappa shape index (κ1) is 13.3. The molecule has 1 aliphatic heterocycles. The summed E-state index contributed by atoms with van der Waals surface area (Å²) < 4.78 is 5.34. The monoisotopic (exact) mass is 229 g/mol. The van der Waals surface area contributed by atoms with Crippen molar-refractivity contribution in [3.05, 3.63) is 0 Å². The van der Waals surface area contributed by atoms with Gasteiger partial charge in [-0.05, 0) is 40.0 Å². The summed E-state index contributed by atoms with van der Waals surface area (Å²) in [5, 5.41) is 9.70. The molecule has 0 aromatic carbocycles. The highest BCUT2D eigenvalue weighted by atomic mass is 16.6. The lowest BCUT2D eigenvalue weighted by Crippen LogP contribution is -2.51. The molecular formula is C12H23NO3. The van der Waals surface area contributed by atoms with Gasteiger partial charge in [0, 0.05) is 12.6 Å². The van der Waals surface area contributed by atoms with Gasteiger partial charge in [0.2, 0.25) is 0 Å². The normalized spacial score (nSPS) is 31.4. The smallest absolute Gasteiger partial charge is 0.410 e. The number of ether oxygens (including phenoxy) is 1. The molecule has 0 saturated carbocycles. The van der Waals surface area contributed by atoms with Crippen LogP contribution in [0.4, 0.5) is 4.79 Å². The van der Waals surface area contributed by atoms with Crippen LogP contribution in [-0.4, -0.2) is 40.4 Å². The lowest BCUT2D eigenvalue weighted by Gasteiger charge is -2.40. The molecule has 0 aliphatic carbocycles. The lowest BCUT2D eigenvalue weighted by molar-refractivity contribution is -0.0226. The fourth-order valence-electron chi connectivity index (χ4n) is 1.90. The van der Waals surface area contributed by atoms with Crippen molar-refractivity contribution < 1.29 is 14.6 Å². The maximum atomic E-state index is 11.9. The van der Waals surface area contributed by atoms with Gasteiger partial charge in [0.1, 0.15) is 5.60 Å². The Balaban J connectivity index is 2.62. The highest BCUT2D eigenvalue weighted by molar-refractivity contribution is 5.68. The summed E-state index contributed by atoms with van der Waals surface area (Å²) in [4.78, 5) is 13.6. The molecule has 4 nitrogen and oxygen atoms in total. The third-order valence-electron chi connectivity index (χ3n) is 2.88. The Morgan fingerprint density at radius 3 is 2.44 bits per heavy atom. The van der Waals surface area contributed by atoms with Crippen LogP contribution in [0.5, 0.6) is 0 Å². The second-order valence-corrected chi connectivity index (χ2v) is 5.76. The zero-order valence-electron chi connectivity index (χ0n) is 10.9. The Kier molecular flexibility index (Phi) is 3.84. The quantitative estimate of drug-likeness (QED) is 0.691. The van der Waals surface area contributed by atoms with E-state index < -0.39 is 5.60 Å². The van der Waals surface area contributed by atoms with Crippen LogP contribution in [0, 0.1) is 5.92 Å². The van der Waals surface area contributed by atoms with Crippen molar-refractivity contribution in [2.75, 3.05) is 6.54 Å². The lowest BCUT2D eigenvalue weighted by atomic mass is 9.92. The van der Waals surface area contributed by atoms with Gasteiger partial charge >= 0.3 is 6.09 Å². The van der Waals surface area contributed by atoms with Crippen molar-refractivity contribution in [1.29, 1.82) is 0 Å². The van der Waals surface area contributed by atoms with Gasteiger partial charge in [-0.25, -0.2) is 4.79 Å². The summed E-state index contributed by atoms with van der Waals surface area (Å²) in [6.45, 7) is 10.0. The van der Waals surface area contributed by atoms with E-state index in [1.807, 2.05) is 34.6 Å². The number of carbonyl (C=O) groups excluding carboxylic acids is 1. The Hall–Kier alpha value is -0.770. The zero-order valence-corrected chi connectivity index (χ0v) is 10.9. The molecule has 1 heterocycles. The number of carbonyl (C=O) groups is 1. The molecule has 0 unspecified atom stereocenters. The number of nitrogens with zero attached hydrogens (tertiary/aromatic N) is 1. The fraction of sp³-hybridized carbons (Fsp3) is 0.917. The summed E-state index contributed by atoms with van der Waals surface area (Å²) in [5.74, 6) is 0.115. The minimum absolute atomic E-state index is 0.0426. The van der Waals surface area contributed by atoms with Gasteiger partial charge in [-0.1, -0.05) is 6.92 Å². The number of rotatable bonds is 0. The molecule has 94 valence electrons. The molecule has 1 aliphatic rings. The number of likely N-dealkylation sites (tertiary alicyclic amines) is 1. The van der Waals surface area contributed by atoms with E-state index in [0.717, 1.165) is 0 Å². The highest BCUT2D eigenvalue weighted by Gasteiger charge is 2.34. The van der Waals surface area contributed by atoms with Crippen LogP contribution in [0.15, 0.2) is 0 Å². The van der Waals surface area contributed by atoms with Gasteiger partial charge in [-0.15, -0.1) is 0 Å². The predicted octanol–water partition coefficient (Wildman–Crippen LogP) is 2.01. The summed E-state index contributed by atoms with van der Waals surface area (Å²) in [6.07, 6.45) is 0.0351. The van der Waals surface area contributed by atoms with Crippen LogP contribution in [-0.2, 0) is 4.74 Å². The average molecular weight is 229 g/mol. The Labute approximate surface area is 97.6 Å². The van der Waals surface area contributed by atoms with Crippen molar-refractivity contribution in [3.8, 4) is 0 Å². The first-order chi connectivity index (χ1) is 7.20. The Bertz CT molecular complexity index is 259. The molecule has 4 heteroatoms. The molecule has 0 radical (unpaired) electrons. The molecule has 0 aromatic heterocycles. The highest BCUT2D eigenvalue weighted by Crippen LogP contribution is 2.23. The van der Waals surface area contributed by atoms with Crippen molar-refractivity contribution in [2.45, 2.75) is 58.8 Å². The second-order valence-electron chi connectivity index (χ2n) is 5.76. The largest absolute Gasteiger partial charge is 0.444 e. The van der Waals surface area contributed by atoms with Crippen LogP contribution in [0.3, 0.4) is 0 Å². The molecule has 1 N–H and O–H groups in total. The van der Waals surface area contributed by atoms with E-state index in [-0.39, 0.29) is 24.2 Å². The van der Waals surface area contributed by atoms with Crippen molar-refractivity contribution >= 4 is 6.09 Å². The van der Waals surface area contributed by atoms with Crippen LogP contribution in [0.25, 0.3) is 0 Å². The molecule has 1 rings (SSSR count). The number of amides is 1. The van der Waals surface area contributed by atoms with Crippen molar-refractivity contribution in [3.63, 3.8) is 0 Å². The molecule has 0 spiro atoms. The standard InChI is InChI=1S/C12H23NO3/c1-8-7-13(9(2)6-10(8)14)11(15)16-12(3,4)5/h8-10,14H,6-7H2,1-5H3/t8-,9-,10+/m1/s1. The van der Waals surface area contributed by atoms with E-state index in [2.05, 4.69) is 0 Å². The Morgan fingerprint density at radius 1 is 1.38 bits per heavy atom. The topological polar surface area (TPSA) is 49.8 Å². The number of hydrogen-bond donors (Lipinski definition) is 1. The third-order valence-corrected chi connectivity index (χ3v) is 2.88. The second kappa shape index (κ2) is 4.62. The molecular weight excluding hydrogens is 206 g/mol. The molecule has 16 heavy (non-hydrogen) atoms. The molecule has 3 atom stereocenters. The number of aliphatic hydroxyl groups excluding tert-OH is 1. The average Bonchev–Trinajstić information content (AvgIpc) is 2.08. The minimum Gasteiger partial charge on any atom is -0.444 e. The van der Waals surface area contributed by atoms with Crippen LogP contribution >= 0.6 is 0 Å². The molecule has 0 aromatic rings. The van der Waals surface area contributed by atoms with E-state index >= 15 is 0 Å². The number of aliphatic hydroxyl groups is 1. The third kappa shape index (κ3) is 3.37. The Morgan fingerprint density at radius 2 is 1.94 bits per heavy atom. The summed E-state index contributed by atoms with van der Waals surface area (Å²) in [6, 6.07) is 0.0426. The van der Waals surface area contributed by atoms with Gasteiger partial charge in [-0.3, -0.25) is 0 Å². The summed E-state index contributed by atoms with van der Waals surface area (Å²) >= 11 is 0. The predicted molar refractivity (Wildman–Crippen MR) is 62.2 cm³/mol. The first-order valence-electron chi connectivity index (χ1n) is 5.88. The maximum Gasteiger partial charge on any atom is 0.410 e. The number of piperidine rings is 1. The van der Waals surface area contributed by atoms with Crippen LogP contribution in [0.2, 0.25) is 0 Å². The van der Waals surface area contributed by atoms with Crippen molar-refractivity contribution in [2.24, 2.45) is 5.92 Å². The van der Waals surface area contributed by atoms with Crippen LogP contribution in [0.1, 0.15) is 41.0 Å². The van der Waals surface area contributed by atoms with Gasteiger partial charge in [-0.2, -0.15) is 0 Å². The molecule has 0 bridgehead atoms. The van der Waals surface area contributed by atoms with E-state index in [9.17, 15) is 9.90 Å². The van der Waals surface area contributed by atoms with E-state index in [4.69, 9.17) is 4.74 Å². The fourth-order valence-corrected chi connectivity index (χ4v) is 1.90. The van der Waals surface area contributed by atoms with Gasteiger partial charge in [0.15, 0.2) is 0 Å². The molecule has 1 fully saturated rings. The van der Waals surface area contributed by atoms with Crippen molar-refractivity contribution in [1.82, 2.24) is 4.90 Å². The van der Waals surface area contributed by atoms with Gasteiger partial charge in [0.05, 0.1) is 6.10 Å². The molecule has 1 saturated heterocycles. The summed E-state index contributed by atoms with van der Waals surface area (Å²) in [5.41, 5.74) is -0.462. The summed E-state index contributed by atoms with van der Waals surface area (Å²) in [7, 11) is 0. The minimum atomic E-state index is -0.462. The van der Waals surface area contributed by atoms with E-state index in [0.29, 0.717) is 13.0 Å². The number of hydrogen-bond acceptors (Lipinski definition) is 3. The zero-order chi connectivity index (χ0) is 12.5. The SMILES string of the molecule is C[C@@H]1CN(C(=O)OC(C)(C)C)[C@H](C)C[C@@H]1O. The van der Waals surface area contributed by atoms with E-state index in [1.54, 1.807) is 4.90 Å². The molecule has 1 amide bonds.